The lowest BCUT2D eigenvalue weighted by atomic mass is 9.84. The number of Topliss-reactive ketones (excluding diaryl/α,β-unsaturated/α-hetero) is 1. The first kappa shape index (κ1) is 29.2. The molecule has 0 bridgehead atoms. The van der Waals surface area contributed by atoms with E-state index in [9.17, 15) is 14.4 Å². The number of nitrogens with one attached hydrogen (secondary N) is 2. The molecule has 2 aromatic carbocycles. The Bertz CT molecular complexity index is 1580. The van der Waals surface area contributed by atoms with Crippen molar-refractivity contribution in [1.29, 1.82) is 0 Å². The second-order valence-corrected chi connectivity index (χ2v) is 10.4. The van der Waals surface area contributed by atoms with Crippen LogP contribution in [0.1, 0.15) is 49.8 Å². The molecule has 2 aromatic heterocycles. The number of hydrogen-bond donors (Lipinski definition) is 2. The van der Waals surface area contributed by atoms with Crippen molar-refractivity contribution in [3.63, 3.8) is 0 Å². The molecule has 214 valence electrons. The fraction of sp³-hybridized carbons (Fsp3) is 0.333. The number of rotatable bonds is 11. The first-order valence-electron chi connectivity index (χ1n) is 13.2. The van der Waals surface area contributed by atoms with E-state index in [0.717, 1.165) is 11.1 Å². The van der Waals surface area contributed by atoms with E-state index in [-0.39, 0.29) is 30.1 Å². The smallest absolute Gasteiger partial charge is 0.294 e. The Balaban J connectivity index is 1.56. The van der Waals surface area contributed by atoms with Gasteiger partial charge in [0, 0.05) is 7.05 Å². The average Bonchev–Trinajstić information content (AvgIpc) is 3.48. The Kier molecular flexibility index (Phi) is 8.65. The van der Waals surface area contributed by atoms with Gasteiger partial charge in [0.15, 0.2) is 5.82 Å². The zero-order valence-electron chi connectivity index (χ0n) is 24.0. The largest absolute Gasteiger partial charge is 0.497 e. The third kappa shape index (κ3) is 6.19. The van der Waals surface area contributed by atoms with Crippen LogP contribution in [-0.2, 0) is 16.8 Å². The van der Waals surface area contributed by atoms with Gasteiger partial charge in [0.25, 0.3) is 11.4 Å². The van der Waals surface area contributed by atoms with Gasteiger partial charge < -0.3 is 19.8 Å². The Morgan fingerprint density at radius 2 is 1.73 bits per heavy atom. The summed E-state index contributed by atoms with van der Waals surface area (Å²) in [6, 6.07) is 15.7. The molecule has 0 aliphatic carbocycles. The minimum Gasteiger partial charge on any atom is -0.497 e. The fourth-order valence-corrected chi connectivity index (χ4v) is 4.39. The number of ether oxygens (including phenoxy) is 1. The van der Waals surface area contributed by atoms with E-state index in [1.54, 1.807) is 28.0 Å². The summed E-state index contributed by atoms with van der Waals surface area (Å²) < 4.78 is 12.4. The summed E-state index contributed by atoms with van der Waals surface area (Å²) in [5.74, 6) is -0.464. The molecule has 4 aromatic rings. The zero-order chi connectivity index (χ0) is 29.7. The van der Waals surface area contributed by atoms with E-state index in [0.29, 0.717) is 11.4 Å². The number of nitrogens with zero attached hydrogens (tertiary/aromatic N) is 4. The van der Waals surface area contributed by atoms with Gasteiger partial charge in [0.1, 0.15) is 12.3 Å². The van der Waals surface area contributed by atoms with Gasteiger partial charge in [-0.3, -0.25) is 19.0 Å². The van der Waals surface area contributed by atoms with E-state index in [2.05, 4.69) is 25.8 Å². The Morgan fingerprint density at radius 3 is 2.34 bits per heavy atom. The summed E-state index contributed by atoms with van der Waals surface area (Å²) in [5.41, 5.74) is 0.947. The van der Waals surface area contributed by atoms with Crippen molar-refractivity contribution in [3.8, 4) is 17.0 Å². The Hall–Kier alpha value is -4.80. The number of carbonyl (C=O) groups is 2. The zero-order valence-corrected chi connectivity index (χ0v) is 24.0. The summed E-state index contributed by atoms with van der Waals surface area (Å²) in [4.78, 5) is 44.0. The quantitative estimate of drug-likeness (QED) is 0.264. The molecule has 0 radical (unpaired) electrons. The molecule has 11 nitrogen and oxygen atoms in total. The maximum atomic E-state index is 13.5. The molecule has 1 unspecified atom stereocenters. The van der Waals surface area contributed by atoms with Gasteiger partial charge in [0.2, 0.25) is 17.6 Å². The van der Waals surface area contributed by atoms with Crippen molar-refractivity contribution in [3.05, 3.63) is 88.5 Å². The van der Waals surface area contributed by atoms with Crippen molar-refractivity contribution in [2.75, 3.05) is 19.5 Å². The number of aromatic nitrogens is 4. The Labute approximate surface area is 238 Å². The SMILES string of the molecule is CNc1ncc(-c2ccccc2)n(CC(=O)NC(C(=O)c2nnc(C(C)(C)c3ccc(OC)cc3)o2)C(C)C)c1=O. The number of hydrogen-bond acceptors (Lipinski definition) is 9. The van der Waals surface area contributed by atoms with Crippen LogP contribution in [0.15, 0.2) is 70.0 Å². The molecule has 0 aliphatic rings. The van der Waals surface area contributed by atoms with Crippen molar-refractivity contribution < 1.29 is 18.7 Å². The minimum atomic E-state index is -0.957. The summed E-state index contributed by atoms with van der Waals surface area (Å²) in [6.45, 7) is 7.10. The van der Waals surface area contributed by atoms with Crippen LogP contribution < -0.4 is 20.9 Å². The molecule has 4 rings (SSSR count). The van der Waals surface area contributed by atoms with Crippen LogP contribution in [0.4, 0.5) is 5.82 Å². The highest BCUT2D eigenvalue weighted by molar-refractivity contribution is 5.98. The van der Waals surface area contributed by atoms with E-state index in [1.165, 1.54) is 10.8 Å². The van der Waals surface area contributed by atoms with E-state index in [1.807, 2.05) is 68.4 Å². The van der Waals surface area contributed by atoms with Crippen LogP contribution in [0.5, 0.6) is 5.75 Å². The number of ketones is 1. The normalized spacial score (nSPS) is 12.2. The molecular weight excluding hydrogens is 524 g/mol. The first-order valence-corrected chi connectivity index (χ1v) is 13.2. The van der Waals surface area contributed by atoms with E-state index in [4.69, 9.17) is 9.15 Å². The number of methoxy groups -OCH3 is 1. The fourth-order valence-electron chi connectivity index (χ4n) is 4.39. The van der Waals surface area contributed by atoms with Gasteiger partial charge in [-0.1, -0.05) is 56.3 Å². The molecule has 0 fully saturated rings. The monoisotopic (exact) mass is 558 g/mol. The third-order valence-corrected chi connectivity index (χ3v) is 6.91. The van der Waals surface area contributed by atoms with Crippen LogP contribution in [-0.4, -0.2) is 51.6 Å². The standard InChI is InChI=1S/C30H34N6O5/c1-18(2)24(25(38)27-34-35-29(41-27)30(3,4)20-12-14-21(40-6)15-13-20)33-23(37)17-36-22(19-10-8-7-9-11-19)16-32-26(31-5)28(36)39/h7-16,18,24H,17H2,1-6H3,(H,31,32)(H,33,37). The van der Waals surface area contributed by atoms with Gasteiger partial charge >= 0.3 is 0 Å². The molecule has 0 saturated carbocycles. The molecule has 11 heteroatoms. The van der Waals surface area contributed by atoms with Crippen LogP contribution in [0, 0.1) is 5.92 Å². The van der Waals surface area contributed by atoms with Crippen LogP contribution >= 0.6 is 0 Å². The highest BCUT2D eigenvalue weighted by atomic mass is 16.5. The van der Waals surface area contributed by atoms with Crippen LogP contribution in [0.25, 0.3) is 11.3 Å². The van der Waals surface area contributed by atoms with Gasteiger partial charge in [-0.05, 0) is 43.0 Å². The van der Waals surface area contributed by atoms with Crippen LogP contribution in [0.2, 0.25) is 0 Å². The highest BCUT2D eigenvalue weighted by Gasteiger charge is 2.34. The van der Waals surface area contributed by atoms with Crippen molar-refractivity contribution >= 4 is 17.5 Å². The second kappa shape index (κ2) is 12.2. The highest BCUT2D eigenvalue weighted by Crippen LogP contribution is 2.32. The molecular formula is C30H34N6O5. The van der Waals surface area contributed by atoms with Gasteiger partial charge in [-0.25, -0.2) is 4.98 Å². The molecule has 2 N–H and O–H groups in total. The molecule has 41 heavy (non-hydrogen) atoms. The van der Waals surface area contributed by atoms with E-state index < -0.39 is 28.7 Å². The predicted octanol–water partition coefficient (Wildman–Crippen LogP) is 3.69. The lowest BCUT2D eigenvalue weighted by Gasteiger charge is -2.22. The van der Waals surface area contributed by atoms with Crippen molar-refractivity contribution in [2.45, 2.75) is 45.7 Å². The summed E-state index contributed by atoms with van der Waals surface area (Å²) >= 11 is 0. The lowest BCUT2D eigenvalue weighted by molar-refractivity contribution is -0.122. The lowest BCUT2D eigenvalue weighted by Crippen LogP contribution is -2.46. The summed E-state index contributed by atoms with van der Waals surface area (Å²) in [6.07, 6.45) is 1.53. The molecule has 2 heterocycles. The number of amides is 1. The van der Waals surface area contributed by atoms with Gasteiger partial charge in [-0.15, -0.1) is 10.2 Å². The summed E-state index contributed by atoms with van der Waals surface area (Å²) in [5, 5.41) is 13.7. The maximum absolute atomic E-state index is 13.5. The maximum Gasteiger partial charge on any atom is 0.294 e. The first-order chi connectivity index (χ1) is 19.6. The van der Waals surface area contributed by atoms with Crippen LogP contribution in [0.3, 0.4) is 0 Å². The predicted molar refractivity (Wildman–Crippen MR) is 154 cm³/mol. The second-order valence-electron chi connectivity index (χ2n) is 10.4. The molecule has 1 atom stereocenters. The number of carbonyl (C=O) groups excluding carboxylic acids is 2. The number of anilines is 1. The van der Waals surface area contributed by atoms with Crippen molar-refractivity contribution in [2.24, 2.45) is 5.92 Å². The topological polar surface area (TPSA) is 141 Å². The molecule has 0 aliphatic heterocycles. The molecule has 0 saturated heterocycles. The number of benzene rings is 2. The van der Waals surface area contributed by atoms with Gasteiger partial charge in [0.05, 0.1) is 30.5 Å². The van der Waals surface area contributed by atoms with E-state index >= 15 is 0 Å². The van der Waals surface area contributed by atoms with Gasteiger partial charge in [-0.2, -0.15) is 0 Å². The Morgan fingerprint density at radius 1 is 1.05 bits per heavy atom. The third-order valence-electron chi connectivity index (χ3n) is 6.91. The van der Waals surface area contributed by atoms with Crippen molar-refractivity contribution in [1.82, 2.24) is 25.1 Å². The summed E-state index contributed by atoms with van der Waals surface area (Å²) in [7, 11) is 3.18. The molecule has 0 spiro atoms. The molecule has 1 amide bonds. The minimum absolute atomic E-state index is 0.104. The average molecular weight is 559 g/mol.